The van der Waals surface area contributed by atoms with E-state index in [1.807, 2.05) is 35.2 Å². The molecule has 5 nitrogen and oxygen atoms in total. The number of benzene rings is 2. The number of carbonyl (C=O) groups excluding carboxylic acids is 1. The summed E-state index contributed by atoms with van der Waals surface area (Å²) < 4.78 is 0. The average Bonchev–Trinajstić information content (AvgIpc) is 2.69. The number of rotatable bonds is 4. The molecular weight excluding hydrogens is 314 g/mol. The van der Waals surface area contributed by atoms with Gasteiger partial charge in [-0.15, -0.1) is 0 Å². The Hall–Kier alpha value is -2.68. The van der Waals surface area contributed by atoms with Gasteiger partial charge in [0, 0.05) is 38.3 Å². The molecule has 2 aromatic rings. The first-order valence-corrected chi connectivity index (χ1v) is 8.42. The van der Waals surface area contributed by atoms with E-state index < -0.39 is 6.10 Å². The van der Waals surface area contributed by atoms with Crippen molar-refractivity contribution in [3.8, 4) is 6.07 Å². The van der Waals surface area contributed by atoms with Crippen LogP contribution in [-0.4, -0.2) is 53.5 Å². The molecule has 0 aromatic heterocycles. The highest BCUT2D eigenvalue weighted by molar-refractivity contribution is 5.94. The van der Waals surface area contributed by atoms with E-state index in [2.05, 4.69) is 11.0 Å². The van der Waals surface area contributed by atoms with Crippen LogP contribution in [0.15, 0.2) is 54.6 Å². The van der Waals surface area contributed by atoms with Gasteiger partial charge in [-0.25, -0.2) is 0 Å². The predicted octanol–water partition coefficient (Wildman–Crippen LogP) is 2.05. The van der Waals surface area contributed by atoms with E-state index in [0.717, 1.165) is 18.7 Å². The van der Waals surface area contributed by atoms with Gasteiger partial charge < -0.3 is 10.0 Å². The van der Waals surface area contributed by atoms with E-state index in [-0.39, 0.29) is 5.91 Å². The molecule has 0 aliphatic carbocycles. The first kappa shape index (κ1) is 17.2. The van der Waals surface area contributed by atoms with Gasteiger partial charge in [0.15, 0.2) is 0 Å². The lowest BCUT2D eigenvalue weighted by atomic mass is 10.1. The highest BCUT2D eigenvalue weighted by Gasteiger charge is 2.23. The fraction of sp³-hybridized carbons (Fsp3) is 0.300. The van der Waals surface area contributed by atoms with Crippen molar-refractivity contribution in [3.05, 3.63) is 71.3 Å². The van der Waals surface area contributed by atoms with Crippen LogP contribution < -0.4 is 0 Å². The molecule has 1 aliphatic heterocycles. The van der Waals surface area contributed by atoms with Crippen molar-refractivity contribution >= 4 is 5.91 Å². The number of nitriles is 1. The molecule has 1 aliphatic rings. The molecule has 0 bridgehead atoms. The van der Waals surface area contributed by atoms with Crippen LogP contribution in [0.3, 0.4) is 0 Å². The summed E-state index contributed by atoms with van der Waals surface area (Å²) in [6.45, 7) is 3.33. The van der Waals surface area contributed by atoms with Gasteiger partial charge in [0.1, 0.15) is 0 Å². The normalized spacial score (nSPS) is 16.2. The van der Waals surface area contributed by atoms with E-state index in [4.69, 9.17) is 5.26 Å². The maximum absolute atomic E-state index is 12.5. The third kappa shape index (κ3) is 4.24. The molecular formula is C20H21N3O2. The highest BCUT2D eigenvalue weighted by atomic mass is 16.3. The second kappa shape index (κ2) is 7.93. The van der Waals surface area contributed by atoms with Gasteiger partial charge in [-0.3, -0.25) is 9.69 Å². The number of β-amino-alcohol motifs (C(OH)–C–C–N with tert-alkyl or cyclic N) is 1. The first-order valence-electron chi connectivity index (χ1n) is 8.42. The Morgan fingerprint density at radius 1 is 1.04 bits per heavy atom. The fourth-order valence-electron chi connectivity index (χ4n) is 3.03. The smallest absolute Gasteiger partial charge is 0.253 e. The second-order valence-electron chi connectivity index (χ2n) is 6.21. The molecule has 1 atom stereocenters. The molecule has 0 radical (unpaired) electrons. The molecule has 0 saturated carbocycles. The zero-order chi connectivity index (χ0) is 17.6. The van der Waals surface area contributed by atoms with Crippen LogP contribution in [0.4, 0.5) is 0 Å². The number of hydrogen-bond acceptors (Lipinski definition) is 4. The van der Waals surface area contributed by atoms with Crippen LogP contribution in [0.5, 0.6) is 0 Å². The van der Waals surface area contributed by atoms with Crippen molar-refractivity contribution in [1.29, 1.82) is 5.26 Å². The molecule has 2 aromatic carbocycles. The fourth-order valence-corrected chi connectivity index (χ4v) is 3.03. The van der Waals surface area contributed by atoms with Crippen molar-refractivity contribution in [3.63, 3.8) is 0 Å². The maximum Gasteiger partial charge on any atom is 0.253 e. The number of piperazine rings is 1. The SMILES string of the molecule is N#Cc1ccc(C(=O)N2CCN(CC(O)c3ccccc3)CC2)cc1. The van der Waals surface area contributed by atoms with Gasteiger partial charge in [-0.2, -0.15) is 5.26 Å². The molecule has 1 amide bonds. The average molecular weight is 335 g/mol. The predicted molar refractivity (Wildman–Crippen MR) is 94.9 cm³/mol. The Bertz CT molecular complexity index is 745. The number of amides is 1. The molecule has 5 heteroatoms. The minimum atomic E-state index is -0.512. The lowest BCUT2D eigenvalue weighted by Gasteiger charge is -2.35. The van der Waals surface area contributed by atoms with Gasteiger partial charge >= 0.3 is 0 Å². The zero-order valence-corrected chi connectivity index (χ0v) is 14.0. The van der Waals surface area contributed by atoms with Gasteiger partial charge in [-0.05, 0) is 29.8 Å². The van der Waals surface area contributed by atoms with Crippen molar-refractivity contribution < 1.29 is 9.90 Å². The highest BCUT2D eigenvalue weighted by Crippen LogP contribution is 2.16. The molecule has 128 valence electrons. The number of nitrogens with zero attached hydrogens (tertiary/aromatic N) is 3. The van der Waals surface area contributed by atoms with Crippen LogP contribution in [0.25, 0.3) is 0 Å². The molecule has 25 heavy (non-hydrogen) atoms. The van der Waals surface area contributed by atoms with E-state index in [1.54, 1.807) is 24.3 Å². The van der Waals surface area contributed by atoms with E-state index >= 15 is 0 Å². The zero-order valence-electron chi connectivity index (χ0n) is 14.0. The van der Waals surface area contributed by atoms with E-state index in [0.29, 0.717) is 30.8 Å². The topological polar surface area (TPSA) is 67.6 Å². The van der Waals surface area contributed by atoms with Crippen molar-refractivity contribution in [2.24, 2.45) is 0 Å². The van der Waals surface area contributed by atoms with Crippen molar-refractivity contribution in [1.82, 2.24) is 9.80 Å². The summed E-state index contributed by atoms with van der Waals surface area (Å²) in [6.07, 6.45) is -0.512. The largest absolute Gasteiger partial charge is 0.387 e. The molecule has 1 fully saturated rings. The molecule has 0 spiro atoms. The Kier molecular flexibility index (Phi) is 5.44. The lowest BCUT2D eigenvalue weighted by Crippen LogP contribution is -2.49. The number of aliphatic hydroxyl groups is 1. The van der Waals surface area contributed by atoms with Gasteiger partial charge in [0.25, 0.3) is 5.91 Å². The third-order valence-electron chi connectivity index (χ3n) is 4.54. The summed E-state index contributed by atoms with van der Waals surface area (Å²) in [5.74, 6) is -0.00672. The van der Waals surface area contributed by atoms with Crippen molar-refractivity contribution in [2.75, 3.05) is 32.7 Å². The number of hydrogen-bond donors (Lipinski definition) is 1. The minimum absolute atomic E-state index is 0.00672. The Morgan fingerprint density at radius 3 is 2.28 bits per heavy atom. The lowest BCUT2D eigenvalue weighted by molar-refractivity contribution is 0.0527. The van der Waals surface area contributed by atoms with Crippen LogP contribution in [-0.2, 0) is 0 Å². The van der Waals surface area contributed by atoms with Crippen LogP contribution in [0, 0.1) is 11.3 Å². The summed E-state index contributed by atoms with van der Waals surface area (Å²) >= 11 is 0. The maximum atomic E-state index is 12.5. The summed E-state index contributed by atoms with van der Waals surface area (Å²) in [7, 11) is 0. The monoisotopic (exact) mass is 335 g/mol. The van der Waals surface area contributed by atoms with Crippen molar-refractivity contribution in [2.45, 2.75) is 6.10 Å². The summed E-state index contributed by atoms with van der Waals surface area (Å²) in [5.41, 5.74) is 2.08. The Labute approximate surface area is 147 Å². The molecule has 3 rings (SSSR count). The van der Waals surface area contributed by atoms with E-state index in [1.165, 1.54) is 0 Å². The number of carbonyl (C=O) groups is 1. The number of aliphatic hydroxyl groups excluding tert-OH is 1. The summed E-state index contributed by atoms with van der Waals surface area (Å²) in [6, 6.07) is 18.4. The molecule has 1 heterocycles. The van der Waals surface area contributed by atoms with Gasteiger partial charge in [0.2, 0.25) is 0 Å². The molecule has 1 N–H and O–H groups in total. The van der Waals surface area contributed by atoms with Gasteiger partial charge in [-0.1, -0.05) is 30.3 Å². The third-order valence-corrected chi connectivity index (χ3v) is 4.54. The minimum Gasteiger partial charge on any atom is -0.387 e. The van der Waals surface area contributed by atoms with Crippen LogP contribution in [0.1, 0.15) is 27.6 Å². The standard InChI is InChI=1S/C20H21N3O2/c21-14-16-6-8-18(9-7-16)20(25)23-12-10-22(11-13-23)15-19(24)17-4-2-1-3-5-17/h1-9,19,24H,10-13,15H2. The Balaban J connectivity index is 1.53. The van der Waals surface area contributed by atoms with Gasteiger partial charge in [0.05, 0.1) is 17.7 Å². The first-order chi connectivity index (χ1) is 12.2. The molecule has 1 saturated heterocycles. The van der Waals surface area contributed by atoms with Crippen LogP contribution in [0.2, 0.25) is 0 Å². The quantitative estimate of drug-likeness (QED) is 0.928. The second-order valence-corrected chi connectivity index (χ2v) is 6.21. The molecule has 1 unspecified atom stereocenters. The van der Waals surface area contributed by atoms with Crippen LogP contribution >= 0.6 is 0 Å². The van der Waals surface area contributed by atoms with E-state index in [9.17, 15) is 9.90 Å². The summed E-state index contributed by atoms with van der Waals surface area (Å²) in [5, 5.41) is 19.2. The summed E-state index contributed by atoms with van der Waals surface area (Å²) in [4.78, 5) is 16.5. The Morgan fingerprint density at radius 2 is 1.68 bits per heavy atom.